The fourth-order valence-electron chi connectivity index (χ4n) is 6.47. The van der Waals surface area contributed by atoms with Crippen LogP contribution in [0.5, 0.6) is 0 Å². The summed E-state index contributed by atoms with van der Waals surface area (Å²) in [6.07, 6.45) is 4.85. The average Bonchev–Trinajstić information content (AvgIpc) is 2.78. The van der Waals surface area contributed by atoms with E-state index in [2.05, 4.69) is 46.8 Å². The third-order valence-electron chi connectivity index (χ3n) is 8.46. The van der Waals surface area contributed by atoms with Gasteiger partial charge >= 0.3 is 5.97 Å². The maximum Gasteiger partial charge on any atom is 0.303 e. The summed E-state index contributed by atoms with van der Waals surface area (Å²) in [7, 11) is 0. The van der Waals surface area contributed by atoms with E-state index in [1.807, 2.05) is 0 Å². The van der Waals surface area contributed by atoms with E-state index in [0.29, 0.717) is 17.8 Å². The van der Waals surface area contributed by atoms with E-state index in [1.54, 1.807) is 0 Å². The average molecular weight is 495 g/mol. The van der Waals surface area contributed by atoms with Crippen molar-refractivity contribution in [1.29, 1.82) is 0 Å². The quantitative estimate of drug-likeness (QED) is 0.347. The molecule has 0 aromatic carbocycles. The Labute approximate surface area is 210 Å². The van der Waals surface area contributed by atoms with Crippen molar-refractivity contribution in [2.45, 2.75) is 116 Å². The van der Waals surface area contributed by atoms with E-state index in [1.165, 1.54) is 18.1 Å². The molecule has 0 spiro atoms. The summed E-state index contributed by atoms with van der Waals surface area (Å²) in [4.78, 5) is 11.6. The Morgan fingerprint density at radius 2 is 1.97 bits per heavy atom. The molecular formula is C28H46O7. The van der Waals surface area contributed by atoms with Crippen LogP contribution in [0.1, 0.15) is 80.1 Å². The molecule has 10 atom stereocenters. The summed E-state index contributed by atoms with van der Waals surface area (Å²) >= 11 is 0. The Bertz CT molecular complexity index is 788. The Kier molecular flexibility index (Phi) is 9.60. The topological polar surface area (TPSA) is 105 Å². The van der Waals surface area contributed by atoms with Crippen LogP contribution in [-0.2, 0) is 19.0 Å². The molecule has 0 bridgehead atoms. The Balaban J connectivity index is 1.79. The third kappa shape index (κ3) is 6.55. The van der Waals surface area contributed by atoms with Crippen molar-refractivity contribution < 1.29 is 34.3 Å². The minimum atomic E-state index is -1.35. The van der Waals surface area contributed by atoms with Gasteiger partial charge in [-0.2, -0.15) is 0 Å². The zero-order valence-corrected chi connectivity index (χ0v) is 22.3. The van der Waals surface area contributed by atoms with Gasteiger partial charge in [0.2, 0.25) is 0 Å². The second-order valence-corrected chi connectivity index (χ2v) is 11.5. The zero-order chi connectivity index (χ0) is 25.9. The maximum absolute atomic E-state index is 11.6. The van der Waals surface area contributed by atoms with Crippen molar-refractivity contribution in [1.82, 2.24) is 0 Å². The zero-order valence-electron chi connectivity index (χ0n) is 22.3. The smallest absolute Gasteiger partial charge is 0.303 e. The van der Waals surface area contributed by atoms with Crippen LogP contribution in [0.15, 0.2) is 23.3 Å². The monoisotopic (exact) mass is 494 g/mol. The highest BCUT2D eigenvalue weighted by Crippen LogP contribution is 2.52. The number of carbonyl (C=O) groups excluding carboxylic acids is 1. The van der Waals surface area contributed by atoms with Crippen LogP contribution in [0.25, 0.3) is 0 Å². The molecule has 3 N–H and O–H groups in total. The van der Waals surface area contributed by atoms with Gasteiger partial charge in [-0.1, -0.05) is 30.2 Å². The second kappa shape index (κ2) is 11.9. The number of esters is 1. The number of carbonyl (C=O) groups is 1. The van der Waals surface area contributed by atoms with E-state index < -0.39 is 48.9 Å². The highest BCUT2D eigenvalue weighted by molar-refractivity contribution is 5.66. The first-order valence-corrected chi connectivity index (χ1v) is 13.2. The molecule has 7 nitrogen and oxygen atoms in total. The molecule has 0 aromatic heterocycles. The van der Waals surface area contributed by atoms with Crippen LogP contribution >= 0.6 is 0 Å². The van der Waals surface area contributed by atoms with Crippen LogP contribution in [-0.4, -0.2) is 64.2 Å². The van der Waals surface area contributed by atoms with Crippen molar-refractivity contribution >= 4 is 5.97 Å². The lowest BCUT2D eigenvalue weighted by molar-refractivity contribution is -0.337. The number of rotatable bonds is 8. The van der Waals surface area contributed by atoms with E-state index in [4.69, 9.17) is 14.2 Å². The van der Waals surface area contributed by atoms with Gasteiger partial charge in [-0.15, -0.1) is 0 Å². The molecule has 35 heavy (non-hydrogen) atoms. The molecule has 200 valence electrons. The summed E-state index contributed by atoms with van der Waals surface area (Å²) < 4.78 is 17.5. The van der Waals surface area contributed by atoms with Gasteiger partial charge in [0.25, 0.3) is 0 Å². The van der Waals surface area contributed by atoms with Crippen LogP contribution < -0.4 is 0 Å². The molecule has 1 saturated carbocycles. The summed E-state index contributed by atoms with van der Waals surface area (Å²) in [5.41, 5.74) is 2.23. The molecule has 0 aromatic rings. The molecule has 2 aliphatic carbocycles. The summed E-state index contributed by atoms with van der Waals surface area (Å²) in [5, 5.41) is 31.1. The molecule has 1 aliphatic heterocycles. The fraction of sp³-hybridized carbons (Fsp3) is 0.821. The molecule has 2 fully saturated rings. The van der Waals surface area contributed by atoms with Gasteiger partial charge in [0.1, 0.15) is 18.3 Å². The Morgan fingerprint density at radius 3 is 2.60 bits per heavy atom. The first-order chi connectivity index (χ1) is 16.5. The molecule has 1 saturated heterocycles. The first kappa shape index (κ1) is 28.3. The highest BCUT2D eigenvalue weighted by Gasteiger charge is 2.53. The lowest BCUT2D eigenvalue weighted by atomic mass is 9.58. The van der Waals surface area contributed by atoms with Crippen LogP contribution in [0, 0.1) is 23.7 Å². The minimum absolute atomic E-state index is 0.262. The van der Waals surface area contributed by atoms with Crippen molar-refractivity contribution in [3.8, 4) is 0 Å². The van der Waals surface area contributed by atoms with E-state index in [9.17, 15) is 20.1 Å². The predicted octanol–water partition coefficient (Wildman–Crippen LogP) is 3.90. The van der Waals surface area contributed by atoms with Crippen LogP contribution in [0.2, 0.25) is 0 Å². The van der Waals surface area contributed by atoms with Crippen molar-refractivity contribution in [2.24, 2.45) is 23.7 Å². The molecule has 3 rings (SSSR count). The molecule has 7 heteroatoms. The number of allylic oxidation sites excluding steroid dienone is 4. The number of aliphatic hydroxyl groups excluding tert-OH is 3. The van der Waals surface area contributed by atoms with Crippen molar-refractivity contribution in [2.75, 3.05) is 6.61 Å². The number of ether oxygens (including phenoxy) is 3. The summed E-state index contributed by atoms with van der Waals surface area (Å²) in [6.45, 7) is 11.7. The highest BCUT2D eigenvalue weighted by atomic mass is 16.7. The van der Waals surface area contributed by atoms with E-state index in [-0.39, 0.29) is 5.92 Å². The van der Waals surface area contributed by atoms with Crippen LogP contribution in [0.4, 0.5) is 0 Å². The van der Waals surface area contributed by atoms with E-state index in [0.717, 1.165) is 38.5 Å². The lowest BCUT2D eigenvalue weighted by Crippen LogP contribution is -2.63. The molecule has 0 unspecified atom stereocenters. The number of aliphatic hydroxyl groups is 3. The van der Waals surface area contributed by atoms with E-state index >= 15 is 0 Å². The van der Waals surface area contributed by atoms with Gasteiger partial charge in [-0.25, -0.2) is 0 Å². The molecule has 1 heterocycles. The standard InChI is InChI=1S/C28H46O7/c1-16(2)8-7-9-18(4)20-12-13-28(6,22-11-10-17(3)14-21(20)22)35-27-25(32)26(33-19(5)30)24(31)23(15-29)34-27/h8,14,18,20-27,29,31-32H,7,9-13,15H2,1-6H3/t18-,20+,21+,22+,23+,24+,25-,26+,27+,28+/m1/s1. The maximum atomic E-state index is 11.6. The van der Waals surface area contributed by atoms with Crippen molar-refractivity contribution in [3.63, 3.8) is 0 Å². The molecule has 3 aliphatic rings. The summed E-state index contributed by atoms with van der Waals surface area (Å²) in [6, 6.07) is 0. The first-order valence-electron chi connectivity index (χ1n) is 13.2. The van der Waals surface area contributed by atoms with Crippen molar-refractivity contribution in [3.05, 3.63) is 23.3 Å². The third-order valence-corrected chi connectivity index (χ3v) is 8.46. The Hall–Kier alpha value is -1.25. The number of hydrogen-bond acceptors (Lipinski definition) is 7. The number of hydrogen-bond donors (Lipinski definition) is 3. The molecule has 0 radical (unpaired) electrons. The fourth-order valence-corrected chi connectivity index (χ4v) is 6.47. The molecule has 0 amide bonds. The molecular weight excluding hydrogens is 448 g/mol. The lowest BCUT2D eigenvalue weighted by Gasteiger charge is -2.54. The van der Waals surface area contributed by atoms with Gasteiger partial charge in [0.15, 0.2) is 12.4 Å². The Morgan fingerprint density at radius 1 is 1.26 bits per heavy atom. The van der Waals surface area contributed by atoms with Gasteiger partial charge in [-0.05, 0) is 89.9 Å². The van der Waals surface area contributed by atoms with Gasteiger partial charge in [0.05, 0.1) is 12.2 Å². The van der Waals surface area contributed by atoms with Gasteiger partial charge in [-0.3, -0.25) is 4.79 Å². The SMILES string of the molecule is CC(=O)O[C@H]1[C@@H](O)[C@H](CO)O[C@@H](O[C@@]2(C)CC[C@@H]([C@H](C)CCC=C(C)C)[C@@H]3C=C(C)CC[C@@H]32)[C@@H]1O. The predicted molar refractivity (Wildman–Crippen MR) is 133 cm³/mol. The minimum Gasteiger partial charge on any atom is -0.457 e. The number of fused-ring (bicyclic) bond motifs is 1. The normalized spacial score (nSPS) is 40.3. The largest absolute Gasteiger partial charge is 0.457 e. The summed E-state index contributed by atoms with van der Waals surface area (Å²) in [5.74, 6) is 1.18. The second-order valence-electron chi connectivity index (χ2n) is 11.5. The van der Waals surface area contributed by atoms with Crippen LogP contribution in [0.3, 0.4) is 0 Å². The van der Waals surface area contributed by atoms with Gasteiger partial charge < -0.3 is 29.5 Å². The van der Waals surface area contributed by atoms with Gasteiger partial charge in [0, 0.05) is 6.92 Å².